The van der Waals surface area contributed by atoms with E-state index in [9.17, 15) is 0 Å². The van der Waals surface area contributed by atoms with Crippen molar-refractivity contribution >= 4 is 59.9 Å². The van der Waals surface area contributed by atoms with Crippen LogP contribution in [0, 0.1) is 0 Å². The number of allylic oxidation sites excluding steroid dienone is 1. The predicted octanol–water partition coefficient (Wildman–Crippen LogP) is 11.4. The lowest BCUT2D eigenvalue weighted by Gasteiger charge is -2.21. The Balaban J connectivity index is 1.52. The van der Waals surface area contributed by atoms with Crippen LogP contribution in [0.4, 0.5) is 0 Å². The average molecular weight is 519 g/mol. The Morgan fingerprint density at radius 3 is 1.93 bits per heavy atom. The second-order valence-corrected chi connectivity index (χ2v) is 11.2. The van der Waals surface area contributed by atoms with E-state index in [2.05, 4.69) is 146 Å². The van der Waals surface area contributed by atoms with Crippen LogP contribution in [0.5, 0.6) is 0 Å². The fourth-order valence-corrected chi connectivity index (χ4v) is 7.28. The van der Waals surface area contributed by atoms with Gasteiger partial charge in [0.1, 0.15) is 0 Å². The van der Waals surface area contributed by atoms with E-state index in [0.717, 1.165) is 6.42 Å². The Morgan fingerprint density at radius 2 is 1.07 bits per heavy atom. The molecule has 0 atom stereocenters. The molecule has 9 rings (SSSR count). The summed E-state index contributed by atoms with van der Waals surface area (Å²) in [6.45, 7) is 0. The van der Waals surface area contributed by atoms with Crippen LogP contribution in [0.25, 0.3) is 82.2 Å². The molecule has 0 aromatic heterocycles. The smallest absolute Gasteiger partial charge is 0.00141 e. The zero-order valence-corrected chi connectivity index (χ0v) is 22.6. The van der Waals surface area contributed by atoms with Crippen molar-refractivity contribution in [2.45, 2.75) is 6.42 Å². The van der Waals surface area contributed by atoms with Crippen LogP contribution in [0.2, 0.25) is 0 Å². The van der Waals surface area contributed by atoms with Crippen LogP contribution in [-0.4, -0.2) is 0 Å². The molecular formula is C41H26. The summed E-state index contributed by atoms with van der Waals surface area (Å²) in [4.78, 5) is 0. The van der Waals surface area contributed by atoms with Crippen molar-refractivity contribution in [2.75, 3.05) is 0 Å². The van der Waals surface area contributed by atoms with Crippen molar-refractivity contribution in [2.24, 2.45) is 0 Å². The standard InChI is InChI=1S/C41H26/c1-3-17-32-26(10-1)12-9-21-34(32)40-36-20-6-5-19-35(36)39(41-33-18-4-2-11-27(33)22-23-37(40)41)31-24-29-15-7-13-28-14-8-16-30(25-31)38(28)29/h1-13,15-25H,14H2. The van der Waals surface area contributed by atoms with Crippen LogP contribution in [0.15, 0.2) is 140 Å². The summed E-state index contributed by atoms with van der Waals surface area (Å²) in [5, 5.41) is 13.0. The molecule has 8 aromatic rings. The van der Waals surface area contributed by atoms with E-state index in [1.165, 1.54) is 87.2 Å². The normalized spacial score (nSPS) is 12.7. The topological polar surface area (TPSA) is 0 Å². The number of rotatable bonds is 2. The summed E-state index contributed by atoms with van der Waals surface area (Å²) in [6.07, 6.45) is 5.61. The Bertz CT molecular complexity index is 2380. The third-order valence-corrected chi connectivity index (χ3v) is 8.99. The van der Waals surface area contributed by atoms with E-state index in [1.807, 2.05) is 0 Å². The van der Waals surface area contributed by atoms with Gasteiger partial charge in [-0.15, -0.1) is 0 Å². The maximum absolute atomic E-state index is 2.42. The molecule has 0 nitrogen and oxygen atoms in total. The Morgan fingerprint density at radius 1 is 0.415 bits per heavy atom. The molecule has 41 heavy (non-hydrogen) atoms. The molecule has 190 valence electrons. The van der Waals surface area contributed by atoms with Crippen LogP contribution >= 0.6 is 0 Å². The van der Waals surface area contributed by atoms with Crippen molar-refractivity contribution in [3.8, 4) is 22.3 Å². The van der Waals surface area contributed by atoms with Gasteiger partial charge in [0.25, 0.3) is 0 Å². The lowest BCUT2D eigenvalue weighted by Crippen LogP contribution is -1.96. The van der Waals surface area contributed by atoms with Gasteiger partial charge < -0.3 is 0 Å². The molecule has 1 aliphatic carbocycles. The van der Waals surface area contributed by atoms with Crippen molar-refractivity contribution < 1.29 is 0 Å². The minimum atomic E-state index is 1.000. The molecule has 0 unspecified atom stereocenters. The molecule has 0 heteroatoms. The predicted molar refractivity (Wildman–Crippen MR) is 178 cm³/mol. The van der Waals surface area contributed by atoms with Crippen molar-refractivity contribution in [1.82, 2.24) is 0 Å². The summed E-state index contributed by atoms with van der Waals surface area (Å²) in [5.74, 6) is 0. The average Bonchev–Trinajstić information content (AvgIpc) is 3.03. The van der Waals surface area contributed by atoms with E-state index in [-0.39, 0.29) is 0 Å². The molecule has 1 aliphatic rings. The number of hydrogen-bond acceptors (Lipinski definition) is 0. The monoisotopic (exact) mass is 518 g/mol. The summed E-state index contributed by atoms with van der Waals surface area (Å²) in [7, 11) is 0. The largest absolute Gasteiger partial charge is 0.0795 e. The minimum Gasteiger partial charge on any atom is -0.0795 e. The second kappa shape index (κ2) is 8.65. The van der Waals surface area contributed by atoms with Gasteiger partial charge in [-0.3, -0.25) is 0 Å². The molecule has 0 N–H and O–H groups in total. The third kappa shape index (κ3) is 3.28. The molecule has 0 spiro atoms. The second-order valence-electron chi connectivity index (χ2n) is 11.2. The lowest BCUT2D eigenvalue weighted by atomic mass is 9.82. The molecule has 0 saturated heterocycles. The first-order valence-electron chi connectivity index (χ1n) is 14.4. The fourth-order valence-electron chi connectivity index (χ4n) is 7.28. The maximum atomic E-state index is 2.42. The highest BCUT2D eigenvalue weighted by molar-refractivity contribution is 6.29. The first kappa shape index (κ1) is 22.6. The first-order valence-corrected chi connectivity index (χ1v) is 14.4. The highest BCUT2D eigenvalue weighted by Crippen LogP contribution is 2.48. The Kier molecular flexibility index (Phi) is 4.77. The molecule has 0 fully saturated rings. The van der Waals surface area contributed by atoms with Crippen LogP contribution in [0.1, 0.15) is 11.1 Å². The van der Waals surface area contributed by atoms with Crippen molar-refractivity contribution in [3.05, 3.63) is 151 Å². The Labute approximate surface area is 238 Å². The molecule has 0 radical (unpaired) electrons. The van der Waals surface area contributed by atoms with Gasteiger partial charge in [0.15, 0.2) is 0 Å². The van der Waals surface area contributed by atoms with E-state index >= 15 is 0 Å². The minimum absolute atomic E-state index is 1.000. The van der Waals surface area contributed by atoms with Gasteiger partial charge in [-0.25, -0.2) is 0 Å². The zero-order valence-electron chi connectivity index (χ0n) is 22.6. The van der Waals surface area contributed by atoms with Crippen LogP contribution in [-0.2, 0) is 6.42 Å². The molecular weight excluding hydrogens is 492 g/mol. The summed E-state index contributed by atoms with van der Waals surface area (Å²) in [5.41, 5.74) is 7.92. The summed E-state index contributed by atoms with van der Waals surface area (Å²) >= 11 is 0. The van der Waals surface area contributed by atoms with E-state index < -0.39 is 0 Å². The first-order chi connectivity index (χ1) is 20.3. The fraction of sp³-hybridized carbons (Fsp3) is 0.0244. The molecule has 0 saturated carbocycles. The van der Waals surface area contributed by atoms with Gasteiger partial charge in [-0.2, -0.15) is 0 Å². The van der Waals surface area contributed by atoms with Crippen LogP contribution < -0.4 is 0 Å². The summed E-state index contributed by atoms with van der Waals surface area (Å²) < 4.78 is 0. The number of fused-ring (bicyclic) bond motifs is 5. The van der Waals surface area contributed by atoms with Gasteiger partial charge in [-0.05, 0) is 106 Å². The van der Waals surface area contributed by atoms with Crippen molar-refractivity contribution in [1.29, 1.82) is 0 Å². The van der Waals surface area contributed by atoms with E-state index in [4.69, 9.17) is 0 Å². The Hall–Kier alpha value is -5.20. The zero-order chi connectivity index (χ0) is 26.9. The molecule has 8 aromatic carbocycles. The van der Waals surface area contributed by atoms with Gasteiger partial charge >= 0.3 is 0 Å². The molecule has 0 aliphatic heterocycles. The van der Waals surface area contributed by atoms with Gasteiger partial charge in [-0.1, -0.05) is 133 Å². The third-order valence-electron chi connectivity index (χ3n) is 8.99. The molecule has 0 bridgehead atoms. The van der Waals surface area contributed by atoms with E-state index in [0.29, 0.717) is 0 Å². The number of hydrogen-bond donors (Lipinski definition) is 0. The molecule has 0 amide bonds. The van der Waals surface area contributed by atoms with Crippen molar-refractivity contribution in [3.63, 3.8) is 0 Å². The SMILES string of the molecule is C1=Cc2cc(-c3c4ccccc4c(-c4cccc5ccccc45)c4ccc5ccccc5c34)cc3cccc(c23)C1. The molecule has 0 heterocycles. The van der Waals surface area contributed by atoms with Gasteiger partial charge in [0, 0.05) is 0 Å². The van der Waals surface area contributed by atoms with Gasteiger partial charge in [0.05, 0.1) is 0 Å². The quantitative estimate of drug-likeness (QED) is 0.158. The highest BCUT2D eigenvalue weighted by atomic mass is 14.2. The maximum Gasteiger partial charge on any atom is -0.00141 e. The van der Waals surface area contributed by atoms with Gasteiger partial charge in [0.2, 0.25) is 0 Å². The highest BCUT2D eigenvalue weighted by Gasteiger charge is 2.21. The van der Waals surface area contributed by atoms with Crippen LogP contribution in [0.3, 0.4) is 0 Å². The number of benzene rings is 8. The lowest BCUT2D eigenvalue weighted by molar-refractivity contribution is 1.29. The summed E-state index contributed by atoms with van der Waals surface area (Å²) in [6, 6.07) is 49.6. The van der Waals surface area contributed by atoms with E-state index in [1.54, 1.807) is 0 Å².